The molecule has 0 amide bonds. The molecule has 0 radical (unpaired) electrons. The molecular formula is C21H18N2O3. The Morgan fingerprint density at radius 1 is 1.04 bits per heavy atom. The third kappa shape index (κ3) is 2.28. The Morgan fingerprint density at radius 2 is 1.92 bits per heavy atom. The fraction of sp³-hybridized carbons (Fsp3) is 0.190. The summed E-state index contributed by atoms with van der Waals surface area (Å²) < 4.78 is 17.5. The fourth-order valence-electron chi connectivity index (χ4n) is 3.67. The third-order valence-corrected chi connectivity index (χ3v) is 4.89. The SMILES string of the molecule is COc1cccc2c1O[C@H](c1ccco1)N1N=C(c3ccccc3)C[C@@H]21. The summed E-state index contributed by atoms with van der Waals surface area (Å²) in [5.41, 5.74) is 3.26. The molecule has 5 rings (SSSR count). The zero-order chi connectivity index (χ0) is 17.5. The maximum absolute atomic E-state index is 6.30. The number of nitrogens with zero attached hydrogens (tertiary/aromatic N) is 2. The van der Waals surface area contributed by atoms with Gasteiger partial charge >= 0.3 is 0 Å². The molecule has 0 bridgehead atoms. The highest BCUT2D eigenvalue weighted by atomic mass is 16.5. The van der Waals surface area contributed by atoms with Gasteiger partial charge in [-0.1, -0.05) is 42.5 Å². The molecule has 2 aromatic carbocycles. The first-order valence-corrected chi connectivity index (χ1v) is 8.63. The molecule has 2 atom stereocenters. The molecule has 0 fully saturated rings. The predicted octanol–water partition coefficient (Wildman–Crippen LogP) is 4.53. The summed E-state index contributed by atoms with van der Waals surface area (Å²) in [7, 11) is 1.66. The summed E-state index contributed by atoms with van der Waals surface area (Å²) in [5.74, 6) is 2.22. The summed E-state index contributed by atoms with van der Waals surface area (Å²) in [6.45, 7) is 0. The van der Waals surface area contributed by atoms with Crippen LogP contribution < -0.4 is 9.47 Å². The molecule has 26 heavy (non-hydrogen) atoms. The lowest BCUT2D eigenvalue weighted by Crippen LogP contribution is -2.33. The zero-order valence-electron chi connectivity index (χ0n) is 14.3. The highest BCUT2D eigenvalue weighted by molar-refractivity contribution is 6.01. The Morgan fingerprint density at radius 3 is 2.69 bits per heavy atom. The molecule has 130 valence electrons. The van der Waals surface area contributed by atoms with Crippen molar-refractivity contribution in [2.45, 2.75) is 18.7 Å². The van der Waals surface area contributed by atoms with E-state index < -0.39 is 6.23 Å². The van der Waals surface area contributed by atoms with Crippen LogP contribution in [0, 0.1) is 0 Å². The van der Waals surface area contributed by atoms with E-state index in [9.17, 15) is 0 Å². The molecule has 0 saturated heterocycles. The number of benzene rings is 2. The van der Waals surface area contributed by atoms with Crippen molar-refractivity contribution in [2.75, 3.05) is 7.11 Å². The van der Waals surface area contributed by atoms with Gasteiger partial charge in [0.1, 0.15) is 0 Å². The summed E-state index contributed by atoms with van der Waals surface area (Å²) in [6, 6.07) is 20.1. The van der Waals surface area contributed by atoms with Gasteiger partial charge < -0.3 is 13.9 Å². The second kappa shape index (κ2) is 5.95. The fourth-order valence-corrected chi connectivity index (χ4v) is 3.67. The Labute approximate surface area is 151 Å². The molecule has 5 nitrogen and oxygen atoms in total. The Hall–Kier alpha value is -3.21. The van der Waals surface area contributed by atoms with Crippen molar-refractivity contribution >= 4 is 5.71 Å². The number of fused-ring (bicyclic) bond motifs is 3. The van der Waals surface area contributed by atoms with Crippen LogP contribution in [0.4, 0.5) is 0 Å². The number of hydrazone groups is 1. The minimum atomic E-state index is -0.417. The number of hydrogen-bond donors (Lipinski definition) is 0. The normalized spacial score (nSPS) is 20.8. The van der Waals surface area contributed by atoms with Gasteiger partial charge in [-0.3, -0.25) is 0 Å². The number of para-hydroxylation sites is 1. The molecule has 3 aromatic rings. The van der Waals surface area contributed by atoms with Gasteiger partial charge in [-0.15, -0.1) is 0 Å². The first kappa shape index (κ1) is 15.1. The van der Waals surface area contributed by atoms with E-state index in [4.69, 9.17) is 19.0 Å². The van der Waals surface area contributed by atoms with Crippen LogP contribution in [0.15, 0.2) is 76.4 Å². The molecule has 0 N–H and O–H groups in total. The number of ether oxygens (including phenoxy) is 2. The maximum Gasteiger partial charge on any atom is 0.246 e. The lowest BCUT2D eigenvalue weighted by Gasteiger charge is -2.37. The average molecular weight is 346 g/mol. The van der Waals surface area contributed by atoms with Crippen LogP contribution in [-0.2, 0) is 0 Å². The zero-order valence-corrected chi connectivity index (χ0v) is 14.3. The van der Waals surface area contributed by atoms with Gasteiger partial charge in [-0.2, -0.15) is 5.10 Å². The van der Waals surface area contributed by atoms with Crippen molar-refractivity contribution in [3.8, 4) is 11.5 Å². The summed E-state index contributed by atoms with van der Waals surface area (Å²) in [5, 5.41) is 6.90. The van der Waals surface area contributed by atoms with Crippen LogP contribution in [0.25, 0.3) is 0 Å². The van der Waals surface area contributed by atoms with Gasteiger partial charge in [-0.25, -0.2) is 5.01 Å². The van der Waals surface area contributed by atoms with Crippen LogP contribution in [0.3, 0.4) is 0 Å². The van der Waals surface area contributed by atoms with Crippen molar-refractivity contribution in [3.05, 3.63) is 83.8 Å². The average Bonchev–Trinajstić information content (AvgIpc) is 3.37. The maximum atomic E-state index is 6.30. The largest absolute Gasteiger partial charge is 0.493 e. The second-order valence-corrected chi connectivity index (χ2v) is 6.38. The summed E-state index contributed by atoms with van der Waals surface area (Å²) >= 11 is 0. The number of methoxy groups -OCH3 is 1. The van der Waals surface area contributed by atoms with Crippen molar-refractivity contribution in [1.82, 2.24) is 5.01 Å². The lowest BCUT2D eigenvalue weighted by molar-refractivity contribution is -0.0342. The van der Waals surface area contributed by atoms with E-state index >= 15 is 0 Å². The van der Waals surface area contributed by atoms with E-state index in [1.54, 1.807) is 13.4 Å². The van der Waals surface area contributed by atoms with E-state index in [2.05, 4.69) is 18.2 Å². The number of rotatable bonds is 3. The second-order valence-electron chi connectivity index (χ2n) is 6.38. The van der Waals surface area contributed by atoms with Gasteiger partial charge in [0.2, 0.25) is 6.23 Å². The van der Waals surface area contributed by atoms with E-state index in [0.717, 1.165) is 40.5 Å². The number of furan rings is 1. The molecule has 0 unspecified atom stereocenters. The van der Waals surface area contributed by atoms with E-state index in [-0.39, 0.29) is 6.04 Å². The first-order chi connectivity index (χ1) is 12.8. The summed E-state index contributed by atoms with van der Waals surface area (Å²) in [4.78, 5) is 0. The molecule has 3 heterocycles. The molecule has 2 aliphatic rings. The van der Waals surface area contributed by atoms with Gasteiger partial charge in [-0.05, 0) is 23.8 Å². The van der Waals surface area contributed by atoms with Crippen LogP contribution >= 0.6 is 0 Å². The van der Waals surface area contributed by atoms with Crippen molar-refractivity contribution < 1.29 is 13.9 Å². The van der Waals surface area contributed by atoms with Gasteiger partial charge in [0, 0.05) is 12.0 Å². The standard InChI is InChI=1S/C21H18N2O3/c1-24-18-10-5-9-15-17-13-16(14-7-3-2-4-8-14)22-23(17)21(26-20(15)18)19-11-6-12-25-19/h2-12,17,21H,13H2,1H3/t17-,21+/m0/s1. The highest BCUT2D eigenvalue weighted by Crippen LogP contribution is 2.50. The molecule has 2 aliphatic heterocycles. The Kier molecular flexibility index (Phi) is 3.45. The van der Waals surface area contributed by atoms with Crippen LogP contribution in [0.5, 0.6) is 11.5 Å². The quantitative estimate of drug-likeness (QED) is 0.699. The third-order valence-electron chi connectivity index (χ3n) is 4.89. The van der Waals surface area contributed by atoms with E-state index in [1.165, 1.54) is 0 Å². The monoisotopic (exact) mass is 346 g/mol. The molecular weight excluding hydrogens is 328 g/mol. The minimum absolute atomic E-state index is 0.0826. The van der Waals surface area contributed by atoms with Crippen molar-refractivity contribution in [1.29, 1.82) is 0 Å². The van der Waals surface area contributed by atoms with Gasteiger partial charge in [0.25, 0.3) is 0 Å². The molecule has 0 spiro atoms. The molecule has 5 heteroatoms. The Bertz CT molecular complexity index is 951. The van der Waals surface area contributed by atoms with E-state index in [1.807, 2.05) is 47.5 Å². The summed E-state index contributed by atoms with van der Waals surface area (Å²) in [6.07, 6.45) is 2.05. The van der Waals surface area contributed by atoms with Crippen LogP contribution in [0.1, 0.15) is 35.6 Å². The Balaban J connectivity index is 1.62. The van der Waals surface area contributed by atoms with Crippen LogP contribution in [-0.4, -0.2) is 17.8 Å². The van der Waals surface area contributed by atoms with Crippen molar-refractivity contribution in [2.24, 2.45) is 5.10 Å². The number of hydrogen-bond acceptors (Lipinski definition) is 5. The molecule has 0 aliphatic carbocycles. The lowest BCUT2D eigenvalue weighted by atomic mass is 9.96. The predicted molar refractivity (Wildman–Crippen MR) is 97.2 cm³/mol. The van der Waals surface area contributed by atoms with Gasteiger partial charge in [0.05, 0.1) is 25.1 Å². The molecule has 1 aromatic heterocycles. The highest BCUT2D eigenvalue weighted by Gasteiger charge is 2.43. The smallest absolute Gasteiger partial charge is 0.246 e. The molecule has 0 saturated carbocycles. The van der Waals surface area contributed by atoms with Gasteiger partial charge in [0.15, 0.2) is 17.3 Å². The van der Waals surface area contributed by atoms with Crippen LogP contribution in [0.2, 0.25) is 0 Å². The minimum Gasteiger partial charge on any atom is -0.493 e. The topological polar surface area (TPSA) is 47.2 Å². The first-order valence-electron chi connectivity index (χ1n) is 8.63. The van der Waals surface area contributed by atoms with E-state index in [0.29, 0.717) is 0 Å². The van der Waals surface area contributed by atoms with Crippen molar-refractivity contribution in [3.63, 3.8) is 0 Å².